The standard InChI is InChI=1S/C18H26ClN7/c1-3-20-18(21-11-17-24-22-13-25(17)4-2)23-15-8-9-26(12-15)16-7-5-6-14(19)10-16/h5-7,10,13,15H,3-4,8-9,11-12H2,1-2H3,(H2,20,21,23). The highest BCUT2D eigenvalue weighted by Gasteiger charge is 2.23. The molecular weight excluding hydrogens is 350 g/mol. The Morgan fingerprint density at radius 2 is 2.27 bits per heavy atom. The van der Waals surface area contributed by atoms with Gasteiger partial charge in [-0.2, -0.15) is 0 Å². The maximum atomic E-state index is 6.12. The number of benzene rings is 1. The second-order valence-electron chi connectivity index (χ2n) is 6.28. The number of rotatable bonds is 6. The van der Waals surface area contributed by atoms with E-state index in [1.807, 2.05) is 22.8 Å². The molecule has 1 aromatic heterocycles. The van der Waals surface area contributed by atoms with E-state index in [4.69, 9.17) is 11.6 Å². The average molecular weight is 376 g/mol. The lowest BCUT2D eigenvalue weighted by Gasteiger charge is -2.20. The molecular formula is C18H26ClN7. The van der Waals surface area contributed by atoms with Crippen molar-refractivity contribution in [3.8, 4) is 0 Å². The van der Waals surface area contributed by atoms with Crippen molar-refractivity contribution in [3.63, 3.8) is 0 Å². The smallest absolute Gasteiger partial charge is 0.191 e. The van der Waals surface area contributed by atoms with Crippen LogP contribution in [-0.2, 0) is 13.1 Å². The van der Waals surface area contributed by atoms with E-state index < -0.39 is 0 Å². The zero-order valence-corrected chi connectivity index (χ0v) is 16.1. The molecule has 1 aliphatic rings. The SMILES string of the molecule is CCNC(=NCc1nncn1CC)NC1CCN(c2cccc(Cl)c2)C1. The van der Waals surface area contributed by atoms with Crippen LogP contribution in [0.4, 0.5) is 5.69 Å². The number of aromatic nitrogens is 3. The molecule has 0 spiro atoms. The Balaban J connectivity index is 1.60. The summed E-state index contributed by atoms with van der Waals surface area (Å²) in [5.74, 6) is 1.69. The highest BCUT2D eigenvalue weighted by atomic mass is 35.5. The first kappa shape index (κ1) is 18.5. The van der Waals surface area contributed by atoms with Gasteiger partial charge in [0.1, 0.15) is 12.9 Å². The highest BCUT2D eigenvalue weighted by molar-refractivity contribution is 6.30. The molecule has 2 heterocycles. The first-order chi connectivity index (χ1) is 12.7. The van der Waals surface area contributed by atoms with Crippen molar-refractivity contribution in [2.75, 3.05) is 24.5 Å². The second kappa shape index (κ2) is 8.89. The van der Waals surface area contributed by atoms with Gasteiger partial charge in [-0.15, -0.1) is 10.2 Å². The van der Waals surface area contributed by atoms with Crippen molar-refractivity contribution in [2.24, 2.45) is 4.99 Å². The molecule has 0 bridgehead atoms. The molecule has 7 nitrogen and oxygen atoms in total. The molecule has 1 fully saturated rings. The fourth-order valence-corrected chi connectivity index (χ4v) is 3.30. The Morgan fingerprint density at radius 1 is 1.38 bits per heavy atom. The van der Waals surface area contributed by atoms with Crippen molar-refractivity contribution in [1.82, 2.24) is 25.4 Å². The van der Waals surface area contributed by atoms with Gasteiger partial charge in [-0.1, -0.05) is 17.7 Å². The molecule has 1 aliphatic heterocycles. The Bertz CT molecular complexity index is 743. The van der Waals surface area contributed by atoms with Crippen LogP contribution in [0.3, 0.4) is 0 Å². The minimum atomic E-state index is 0.343. The van der Waals surface area contributed by atoms with Gasteiger partial charge in [-0.05, 0) is 38.5 Å². The zero-order valence-electron chi connectivity index (χ0n) is 15.3. The Labute approximate surface area is 159 Å². The maximum Gasteiger partial charge on any atom is 0.191 e. The van der Waals surface area contributed by atoms with Crippen LogP contribution >= 0.6 is 11.6 Å². The lowest BCUT2D eigenvalue weighted by molar-refractivity contribution is 0.644. The van der Waals surface area contributed by atoms with Gasteiger partial charge in [-0.25, -0.2) is 4.99 Å². The molecule has 2 aromatic rings. The van der Waals surface area contributed by atoms with E-state index in [0.717, 1.165) is 49.4 Å². The molecule has 8 heteroatoms. The van der Waals surface area contributed by atoms with Crippen molar-refractivity contribution in [3.05, 3.63) is 41.4 Å². The van der Waals surface area contributed by atoms with Crippen LogP contribution in [0, 0.1) is 0 Å². The molecule has 0 saturated carbocycles. The molecule has 1 atom stereocenters. The van der Waals surface area contributed by atoms with E-state index in [1.165, 1.54) is 5.69 Å². The quantitative estimate of drug-likeness (QED) is 0.598. The summed E-state index contributed by atoms with van der Waals surface area (Å²) in [6.07, 6.45) is 2.80. The number of aliphatic imine (C=N–C) groups is 1. The molecule has 26 heavy (non-hydrogen) atoms. The van der Waals surface area contributed by atoms with Crippen LogP contribution in [0.5, 0.6) is 0 Å². The monoisotopic (exact) mass is 375 g/mol. The van der Waals surface area contributed by atoms with Crippen molar-refractivity contribution < 1.29 is 0 Å². The second-order valence-corrected chi connectivity index (χ2v) is 6.72. The van der Waals surface area contributed by atoms with Crippen LogP contribution < -0.4 is 15.5 Å². The first-order valence-electron chi connectivity index (χ1n) is 9.11. The predicted molar refractivity (Wildman–Crippen MR) is 106 cm³/mol. The normalized spacial score (nSPS) is 17.6. The van der Waals surface area contributed by atoms with Crippen LogP contribution in [0.15, 0.2) is 35.6 Å². The van der Waals surface area contributed by atoms with Gasteiger partial charge >= 0.3 is 0 Å². The van der Waals surface area contributed by atoms with E-state index in [0.29, 0.717) is 12.6 Å². The number of nitrogens with zero attached hydrogens (tertiary/aromatic N) is 5. The van der Waals surface area contributed by atoms with E-state index in [9.17, 15) is 0 Å². The van der Waals surface area contributed by atoms with Gasteiger partial charge in [-0.3, -0.25) is 0 Å². The van der Waals surface area contributed by atoms with Gasteiger partial charge in [0.25, 0.3) is 0 Å². The predicted octanol–water partition coefficient (Wildman–Crippen LogP) is 2.29. The Kier molecular flexibility index (Phi) is 6.33. The number of guanidine groups is 1. The van der Waals surface area contributed by atoms with E-state index in [2.05, 4.69) is 50.6 Å². The van der Waals surface area contributed by atoms with Crippen molar-refractivity contribution in [1.29, 1.82) is 0 Å². The van der Waals surface area contributed by atoms with Gasteiger partial charge in [0.05, 0.1) is 0 Å². The summed E-state index contributed by atoms with van der Waals surface area (Å²) in [5, 5.41) is 15.7. The molecule has 140 valence electrons. The fourth-order valence-electron chi connectivity index (χ4n) is 3.11. The van der Waals surface area contributed by atoms with Gasteiger partial charge < -0.3 is 20.1 Å². The summed E-state index contributed by atoms with van der Waals surface area (Å²) in [7, 11) is 0. The van der Waals surface area contributed by atoms with Crippen LogP contribution in [0.1, 0.15) is 26.1 Å². The van der Waals surface area contributed by atoms with E-state index in [-0.39, 0.29) is 0 Å². The fraction of sp³-hybridized carbons (Fsp3) is 0.500. The summed E-state index contributed by atoms with van der Waals surface area (Å²) in [4.78, 5) is 7.02. The van der Waals surface area contributed by atoms with Gasteiger partial charge in [0, 0.05) is 42.9 Å². The molecule has 1 aromatic carbocycles. The van der Waals surface area contributed by atoms with E-state index in [1.54, 1.807) is 6.33 Å². The molecule has 0 aliphatic carbocycles. The minimum absolute atomic E-state index is 0.343. The van der Waals surface area contributed by atoms with Crippen molar-refractivity contribution >= 4 is 23.2 Å². The number of halogens is 1. The largest absolute Gasteiger partial charge is 0.369 e. The molecule has 2 N–H and O–H groups in total. The number of aryl methyl sites for hydroxylation is 1. The Morgan fingerprint density at radius 3 is 3.04 bits per heavy atom. The lowest BCUT2D eigenvalue weighted by Crippen LogP contribution is -2.44. The summed E-state index contributed by atoms with van der Waals surface area (Å²) in [5.41, 5.74) is 1.17. The van der Waals surface area contributed by atoms with Gasteiger partial charge in [0.2, 0.25) is 0 Å². The number of hydrogen-bond acceptors (Lipinski definition) is 4. The molecule has 3 rings (SSSR count). The number of anilines is 1. The third-order valence-electron chi connectivity index (χ3n) is 4.46. The summed E-state index contributed by atoms with van der Waals surface area (Å²) in [6, 6.07) is 8.36. The van der Waals surface area contributed by atoms with Crippen LogP contribution in [0.25, 0.3) is 0 Å². The highest BCUT2D eigenvalue weighted by Crippen LogP contribution is 2.23. The first-order valence-corrected chi connectivity index (χ1v) is 9.49. The van der Waals surface area contributed by atoms with Crippen LogP contribution in [-0.4, -0.2) is 46.4 Å². The topological polar surface area (TPSA) is 70.4 Å². The summed E-state index contributed by atoms with van der Waals surface area (Å²) >= 11 is 6.12. The third-order valence-corrected chi connectivity index (χ3v) is 4.70. The maximum absolute atomic E-state index is 6.12. The van der Waals surface area contributed by atoms with Gasteiger partial charge in [0.15, 0.2) is 11.8 Å². The Hall–Kier alpha value is -2.28. The zero-order chi connectivity index (χ0) is 18.4. The van der Waals surface area contributed by atoms with Crippen LogP contribution in [0.2, 0.25) is 5.02 Å². The summed E-state index contributed by atoms with van der Waals surface area (Å²) in [6.45, 7) is 8.24. The number of nitrogens with one attached hydrogen (secondary N) is 2. The average Bonchev–Trinajstić information content (AvgIpc) is 3.29. The lowest BCUT2D eigenvalue weighted by atomic mass is 10.3. The third kappa shape index (κ3) is 4.66. The summed E-state index contributed by atoms with van der Waals surface area (Å²) < 4.78 is 2.00. The van der Waals surface area contributed by atoms with Crippen molar-refractivity contribution in [2.45, 2.75) is 39.4 Å². The molecule has 0 radical (unpaired) electrons. The number of hydrogen-bond donors (Lipinski definition) is 2. The minimum Gasteiger partial charge on any atom is -0.369 e. The molecule has 1 unspecified atom stereocenters. The molecule has 0 amide bonds. The molecule has 1 saturated heterocycles. The van der Waals surface area contributed by atoms with E-state index >= 15 is 0 Å².